The molecule has 0 aliphatic rings. The van der Waals surface area contributed by atoms with Gasteiger partial charge in [0.15, 0.2) is 0 Å². The molecule has 6 nitrogen and oxygen atoms in total. The molecule has 1 aromatic heterocycles. The standard InChI is InChI=1S/C10H17N3O3S/c1-10(2,7-16-3)13-17(14,15)8-5-4-6-12-9(8)11/h4-6,13H,7H2,1-3H3,(H2,11,12). The van der Waals surface area contributed by atoms with Crippen molar-refractivity contribution in [2.45, 2.75) is 24.3 Å². The quantitative estimate of drug-likeness (QED) is 0.796. The molecule has 0 amide bonds. The Labute approximate surface area is 101 Å². The highest BCUT2D eigenvalue weighted by atomic mass is 32.2. The lowest BCUT2D eigenvalue weighted by molar-refractivity contribution is 0.141. The second-order valence-electron chi connectivity index (χ2n) is 4.31. The van der Waals surface area contributed by atoms with Crippen LogP contribution in [-0.2, 0) is 14.8 Å². The number of hydrogen-bond acceptors (Lipinski definition) is 5. The Balaban J connectivity index is 3.02. The maximum atomic E-state index is 12.1. The van der Waals surface area contributed by atoms with Crippen molar-refractivity contribution < 1.29 is 13.2 Å². The molecule has 96 valence electrons. The number of rotatable bonds is 5. The van der Waals surface area contributed by atoms with E-state index in [-0.39, 0.29) is 17.3 Å². The predicted octanol–water partition coefficient (Wildman–Crippen LogP) is 0.367. The maximum absolute atomic E-state index is 12.1. The number of hydrogen-bond donors (Lipinski definition) is 2. The van der Waals surface area contributed by atoms with E-state index in [0.717, 1.165) is 0 Å². The molecule has 0 spiro atoms. The molecule has 1 heterocycles. The van der Waals surface area contributed by atoms with Gasteiger partial charge in [-0.1, -0.05) is 0 Å². The van der Waals surface area contributed by atoms with Crippen LogP contribution in [0.25, 0.3) is 0 Å². The fourth-order valence-corrected chi connectivity index (χ4v) is 2.92. The average molecular weight is 259 g/mol. The van der Waals surface area contributed by atoms with Crippen molar-refractivity contribution in [1.29, 1.82) is 0 Å². The zero-order chi connectivity index (χ0) is 13.1. The smallest absolute Gasteiger partial charge is 0.244 e. The van der Waals surface area contributed by atoms with Gasteiger partial charge in [-0.25, -0.2) is 18.1 Å². The fourth-order valence-electron chi connectivity index (χ4n) is 1.44. The van der Waals surface area contributed by atoms with Gasteiger partial charge in [-0.3, -0.25) is 0 Å². The molecule has 0 aliphatic carbocycles. The van der Waals surface area contributed by atoms with Gasteiger partial charge in [0.2, 0.25) is 10.0 Å². The minimum absolute atomic E-state index is 0.0202. The van der Waals surface area contributed by atoms with Crippen LogP contribution in [0.1, 0.15) is 13.8 Å². The van der Waals surface area contributed by atoms with Gasteiger partial charge >= 0.3 is 0 Å². The first kappa shape index (κ1) is 13.9. The predicted molar refractivity (Wildman–Crippen MR) is 64.9 cm³/mol. The van der Waals surface area contributed by atoms with Crippen LogP contribution in [0.2, 0.25) is 0 Å². The Morgan fingerprint density at radius 3 is 2.71 bits per heavy atom. The topological polar surface area (TPSA) is 94.3 Å². The summed E-state index contributed by atoms with van der Waals surface area (Å²) in [6, 6.07) is 2.93. The molecule has 7 heteroatoms. The van der Waals surface area contributed by atoms with E-state index in [1.165, 1.54) is 25.4 Å². The number of nitrogens with one attached hydrogen (secondary N) is 1. The van der Waals surface area contributed by atoms with Crippen LogP contribution in [0, 0.1) is 0 Å². The van der Waals surface area contributed by atoms with Crippen LogP contribution in [-0.4, -0.2) is 32.7 Å². The van der Waals surface area contributed by atoms with Crippen LogP contribution in [0.4, 0.5) is 5.82 Å². The first-order valence-electron chi connectivity index (χ1n) is 5.02. The molecule has 0 bridgehead atoms. The highest BCUT2D eigenvalue weighted by molar-refractivity contribution is 7.89. The van der Waals surface area contributed by atoms with E-state index >= 15 is 0 Å². The molecule has 0 atom stereocenters. The molecule has 0 unspecified atom stereocenters. The van der Waals surface area contributed by atoms with Crippen LogP contribution in [0.3, 0.4) is 0 Å². The van der Waals surface area contributed by atoms with Gasteiger partial charge in [-0.15, -0.1) is 0 Å². The SMILES string of the molecule is COCC(C)(C)NS(=O)(=O)c1cccnc1N. The lowest BCUT2D eigenvalue weighted by atomic mass is 10.1. The minimum atomic E-state index is -3.69. The first-order valence-corrected chi connectivity index (χ1v) is 6.50. The molecule has 0 radical (unpaired) electrons. The number of sulfonamides is 1. The van der Waals surface area contributed by atoms with Crippen molar-refractivity contribution in [3.05, 3.63) is 18.3 Å². The Kier molecular flexibility index (Phi) is 4.07. The summed E-state index contributed by atoms with van der Waals surface area (Å²) in [7, 11) is -2.18. The third-order valence-electron chi connectivity index (χ3n) is 2.01. The second-order valence-corrected chi connectivity index (χ2v) is 5.96. The molecule has 0 saturated heterocycles. The third-order valence-corrected chi connectivity index (χ3v) is 3.75. The summed E-state index contributed by atoms with van der Waals surface area (Å²) in [4.78, 5) is 3.72. The minimum Gasteiger partial charge on any atom is -0.383 e. The molecule has 1 rings (SSSR count). The van der Waals surface area contributed by atoms with Crippen molar-refractivity contribution in [1.82, 2.24) is 9.71 Å². The van der Waals surface area contributed by atoms with Crippen LogP contribution in [0.15, 0.2) is 23.2 Å². The third kappa shape index (κ3) is 3.65. The maximum Gasteiger partial charge on any atom is 0.244 e. The molecular weight excluding hydrogens is 242 g/mol. The van der Waals surface area contributed by atoms with E-state index in [4.69, 9.17) is 10.5 Å². The van der Waals surface area contributed by atoms with Gasteiger partial charge < -0.3 is 10.5 Å². The van der Waals surface area contributed by atoms with Gasteiger partial charge in [0.05, 0.1) is 12.1 Å². The van der Waals surface area contributed by atoms with E-state index in [1.54, 1.807) is 13.8 Å². The molecule has 0 aliphatic heterocycles. The highest BCUT2D eigenvalue weighted by Crippen LogP contribution is 2.17. The van der Waals surface area contributed by atoms with E-state index in [2.05, 4.69) is 9.71 Å². The van der Waals surface area contributed by atoms with Crippen molar-refractivity contribution in [3.8, 4) is 0 Å². The van der Waals surface area contributed by atoms with Crippen molar-refractivity contribution >= 4 is 15.8 Å². The summed E-state index contributed by atoms with van der Waals surface area (Å²) < 4.78 is 31.6. The lowest BCUT2D eigenvalue weighted by Gasteiger charge is -2.25. The van der Waals surface area contributed by atoms with E-state index in [9.17, 15) is 8.42 Å². The lowest BCUT2D eigenvalue weighted by Crippen LogP contribution is -2.46. The summed E-state index contributed by atoms with van der Waals surface area (Å²) in [6.07, 6.45) is 1.44. The monoisotopic (exact) mass is 259 g/mol. The van der Waals surface area contributed by atoms with Crippen LogP contribution < -0.4 is 10.5 Å². The molecule has 3 N–H and O–H groups in total. The molecule has 0 aromatic carbocycles. The van der Waals surface area contributed by atoms with Crippen molar-refractivity contribution in [3.63, 3.8) is 0 Å². The zero-order valence-corrected chi connectivity index (χ0v) is 10.9. The van der Waals surface area contributed by atoms with Gasteiger partial charge in [-0.2, -0.15) is 0 Å². The van der Waals surface area contributed by atoms with E-state index in [0.29, 0.717) is 0 Å². The second kappa shape index (κ2) is 4.99. The number of nitrogens with zero attached hydrogens (tertiary/aromatic N) is 1. The van der Waals surface area contributed by atoms with Crippen molar-refractivity contribution in [2.75, 3.05) is 19.5 Å². The summed E-state index contributed by atoms with van der Waals surface area (Å²) in [5.41, 5.74) is 4.83. The number of ether oxygens (including phenoxy) is 1. The normalized spacial score (nSPS) is 12.6. The fraction of sp³-hybridized carbons (Fsp3) is 0.500. The van der Waals surface area contributed by atoms with Crippen LogP contribution in [0.5, 0.6) is 0 Å². The van der Waals surface area contributed by atoms with E-state index < -0.39 is 15.6 Å². The summed E-state index contributed by atoms with van der Waals surface area (Å²) in [5, 5.41) is 0. The molecule has 17 heavy (non-hydrogen) atoms. The van der Waals surface area contributed by atoms with Gasteiger partial charge in [-0.05, 0) is 26.0 Å². The molecule has 1 aromatic rings. The molecular formula is C10H17N3O3S. The highest BCUT2D eigenvalue weighted by Gasteiger charge is 2.27. The summed E-state index contributed by atoms with van der Waals surface area (Å²) in [6.45, 7) is 3.70. The number of nitrogen functional groups attached to an aromatic ring is 1. The Hall–Kier alpha value is -1.18. The number of anilines is 1. The number of aromatic nitrogens is 1. The van der Waals surface area contributed by atoms with Gasteiger partial charge in [0, 0.05) is 13.3 Å². The molecule has 0 fully saturated rings. The van der Waals surface area contributed by atoms with Crippen LogP contribution >= 0.6 is 0 Å². The Morgan fingerprint density at radius 1 is 1.53 bits per heavy atom. The number of nitrogens with two attached hydrogens (primary N) is 1. The van der Waals surface area contributed by atoms with Gasteiger partial charge in [0.1, 0.15) is 10.7 Å². The Morgan fingerprint density at radius 2 is 2.18 bits per heavy atom. The first-order chi connectivity index (χ1) is 7.78. The summed E-state index contributed by atoms with van der Waals surface area (Å²) in [5.74, 6) is -0.0202. The van der Waals surface area contributed by atoms with Gasteiger partial charge in [0.25, 0.3) is 0 Å². The van der Waals surface area contributed by atoms with Crippen molar-refractivity contribution in [2.24, 2.45) is 0 Å². The summed E-state index contributed by atoms with van der Waals surface area (Å²) >= 11 is 0. The Bertz CT molecular complexity index is 485. The number of pyridine rings is 1. The van der Waals surface area contributed by atoms with E-state index in [1.807, 2.05) is 0 Å². The molecule has 0 saturated carbocycles. The number of methoxy groups -OCH3 is 1. The largest absolute Gasteiger partial charge is 0.383 e. The zero-order valence-electron chi connectivity index (χ0n) is 10.1. The average Bonchev–Trinajstić information content (AvgIpc) is 2.15.